The van der Waals surface area contributed by atoms with Gasteiger partial charge in [-0.05, 0) is 24.6 Å². The lowest BCUT2D eigenvalue weighted by Crippen LogP contribution is -2.43. The fourth-order valence-corrected chi connectivity index (χ4v) is 2.26. The van der Waals surface area contributed by atoms with Crippen LogP contribution in [0.15, 0.2) is 54.6 Å². The number of nitrogens with zero attached hydrogens (tertiary/aromatic N) is 1. The van der Waals surface area contributed by atoms with Gasteiger partial charge in [0.25, 0.3) is 11.6 Å². The Morgan fingerprint density at radius 2 is 1.76 bits per heavy atom. The number of carbonyl (C=O) groups excluding carboxylic acids is 2. The van der Waals surface area contributed by atoms with Crippen molar-refractivity contribution in [1.29, 1.82) is 0 Å². The van der Waals surface area contributed by atoms with E-state index >= 15 is 0 Å². The third kappa shape index (κ3) is 5.13. The van der Waals surface area contributed by atoms with Crippen LogP contribution in [0.5, 0.6) is 0 Å². The molecule has 2 rings (SSSR count). The molecule has 0 aliphatic rings. The van der Waals surface area contributed by atoms with E-state index in [9.17, 15) is 19.7 Å². The van der Waals surface area contributed by atoms with E-state index in [1.165, 1.54) is 24.3 Å². The number of carbonyl (C=O) groups is 2. The van der Waals surface area contributed by atoms with Crippen LogP contribution in [0.2, 0.25) is 0 Å². The minimum Gasteiger partial charge on any atom is -0.464 e. The fraction of sp³-hybridized carbons (Fsp3) is 0.222. The molecule has 1 atom stereocenters. The number of nitrogens with one attached hydrogen (secondary N) is 1. The topological polar surface area (TPSA) is 98.5 Å². The summed E-state index contributed by atoms with van der Waals surface area (Å²) in [5.74, 6) is -1.02. The summed E-state index contributed by atoms with van der Waals surface area (Å²) in [7, 11) is 0. The summed E-state index contributed by atoms with van der Waals surface area (Å²) in [5, 5.41) is 13.3. The molecule has 0 saturated heterocycles. The van der Waals surface area contributed by atoms with E-state index in [2.05, 4.69) is 5.32 Å². The second-order valence-corrected chi connectivity index (χ2v) is 5.27. The summed E-state index contributed by atoms with van der Waals surface area (Å²) >= 11 is 0. The Bertz CT molecular complexity index is 744. The van der Waals surface area contributed by atoms with Crippen LogP contribution in [0.1, 0.15) is 22.8 Å². The molecule has 0 aromatic heterocycles. The molecule has 0 unspecified atom stereocenters. The maximum absolute atomic E-state index is 12.3. The zero-order valence-electron chi connectivity index (χ0n) is 13.7. The van der Waals surface area contributed by atoms with E-state index in [4.69, 9.17) is 4.74 Å². The molecule has 0 heterocycles. The summed E-state index contributed by atoms with van der Waals surface area (Å²) in [6.45, 7) is 1.90. The molecule has 7 heteroatoms. The number of ether oxygens (including phenoxy) is 1. The van der Waals surface area contributed by atoms with E-state index < -0.39 is 22.8 Å². The van der Waals surface area contributed by atoms with Crippen LogP contribution in [0.4, 0.5) is 5.69 Å². The highest BCUT2D eigenvalue weighted by molar-refractivity contribution is 5.97. The molecule has 0 aliphatic heterocycles. The van der Waals surface area contributed by atoms with Crippen molar-refractivity contribution >= 4 is 17.6 Å². The average Bonchev–Trinajstić information content (AvgIpc) is 2.62. The van der Waals surface area contributed by atoms with Gasteiger partial charge in [0.15, 0.2) is 0 Å². The van der Waals surface area contributed by atoms with Gasteiger partial charge in [-0.2, -0.15) is 0 Å². The first-order chi connectivity index (χ1) is 12.0. The van der Waals surface area contributed by atoms with E-state index in [0.717, 1.165) is 5.56 Å². The fourth-order valence-electron chi connectivity index (χ4n) is 2.26. The molecule has 25 heavy (non-hydrogen) atoms. The Labute approximate surface area is 144 Å². The molecule has 0 fully saturated rings. The maximum atomic E-state index is 12.3. The molecule has 130 valence electrons. The number of benzene rings is 2. The molecule has 0 saturated carbocycles. The first-order valence-corrected chi connectivity index (χ1v) is 7.77. The van der Waals surface area contributed by atoms with Crippen molar-refractivity contribution in [2.75, 3.05) is 6.61 Å². The molecule has 0 radical (unpaired) electrons. The third-order valence-corrected chi connectivity index (χ3v) is 3.50. The summed E-state index contributed by atoms with van der Waals surface area (Å²) in [6, 6.07) is 13.6. The van der Waals surface area contributed by atoms with E-state index in [0.29, 0.717) is 6.42 Å². The lowest BCUT2D eigenvalue weighted by molar-refractivity contribution is -0.384. The van der Waals surface area contributed by atoms with Crippen LogP contribution < -0.4 is 5.32 Å². The second-order valence-electron chi connectivity index (χ2n) is 5.27. The van der Waals surface area contributed by atoms with E-state index in [1.807, 2.05) is 30.3 Å². The molecule has 7 nitrogen and oxygen atoms in total. The van der Waals surface area contributed by atoms with Gasteiger partial charge in [-0.3, -0.25) is 14.9 Å². The zero-order valence-corrected chi connectivity index (χ0v) is 13.7. The standard InChI is InChI=1S/C18H18N2O5/c1-2-25-18(22)16(12-13-6-4-3-5-7-13)19-17(21)14-8-10-15(11-9-14)20(23)24/h3-11,16H,2,12H2,1H3,(H,19,21)/t16-/m0/s1. The van der Waals surface area contributed by atoms with Gasteiger partial charge in [-0.1, -0.05) is 30.3 Å². The SMILES string of the molecule is CCOC(=O)[C@H](Cc1ccccc1)NC(=O)c1ccc([N+](=O)[O-])cc1. The number of amides is 1. The lowest BCUT2D eigenvalue weighted by Gasteiger charge is -2.17. The highest BCUT2D eigenvalue weighted by atomic mass is 16.6. The van der Waals surface area contributed by atoms with Crippen molar-refractivity contribution in [3.8, 4) is 0 Å². The number of rotatable bonds is 7. The van der Waals surface area contributed by atoms with Gasteiger partial charge >= 0.3 is 5.97 Å². The van der Waals surface area contributed by atoms with Gasteiger partial charge in [0.2, 0.25) is 0 Å². The minimum absolute atomic E-state index is 0.109. The Kier molecular flexibility index (Phi) is 6.22. The molecule has 0 aliphatic carbocycles. The smallest absolute Gasteiger partial charge is 0.328 e. The summed E-state index contributed by atoms with van der Waals surface area (Å²) in [5.41, 5.74) is 1.00. The Balaban J connectivity index is 2.13. The molecule has 2 aromatic carbocycles. The number of hydrogen-bond donors (Lipinski definition) is 1. The highest BCUT2D eigenvalue weighted by Crippen LogP contribution is 2.12. The molecular weight excluding hydrogens is 324 g/mol. The van der Waals surface area contributed by atoms with E-state index in [-0.39, 0.29) is 17.9 Å². The van der Waals surface area contributed by atoms with Crippen molar-refractivity contribution in [2.45, 2.75) is 19.4 Å². The Morgan fingerprint density at radius 3 is 2.32 bits per heavy atom. The Hall–Kier alpha value is -3.22. The van der Waals surface area contributed by atoms with Crippen molar-refractivity contribution in [2.24, 2.45) is 0 Å². The van der Waals surface area contributed by atoms with Gasteiger partial charge in [0.1, 0.15) is 6.04 Å². The number of esters is 1. The zero-order chi connectivity index (χ0) is 18.2. The molecule has 2 aromatic rings. The summed E-state index contributed by atoms with van der Waals surface area (Å²) in [4.78, 5) is 34.6. The van der Waals surface area contributed by atoms with E-state index in [1.54, 1.807) is 6.92 Å². The van der Waals surface area contributed by atoms with Crippen LogP contribution in [0, 0.1) is 10.1 Å². The molecule has 0 bridgehead atoms. The number of non-ortho nitro benzene ring substituents is 1. The summed E-state index contributed by atoms with van der Waals surface area (Å²) < 4.78 is 5.02. The van der Waals surface area contributed by atoms with Gasteiger partial charge in [-0.15, -0.1) is 0 Å². The van der Waals surface area contributed by atoms with Crippen molar-refractivity contribution in [1.82, 2.24) is 5.32 Å². The van der Waals surface area contributed by atoms with Gasteiger partial charge in [0, 0.05) is 24.1 Å². The van der Waals surface area contributed by atoms with Crippen LogP contribution in [0.3, 0.4) is 0 Å². The molecule has 1 N–H and O–H groups in total. The van der Waals surface area contributed by atoms with Gasteiger partial charge in [-0.25, -0.2) is 4.79 Å². The molecular formula is C18H18N2O5. The van der Waals surface area contributed by atoms with Crippen LogP contribution >= 0.6 is 0 Å². The predicted molar refractivity (Wildman–Crippen MR) is 91.1 cm³/mol. The first kappa shape index (κ1) is 18.1. The third-order valence-electron chi connectivity index (χ3n) is 3.50. The minimum atomic E-state index is -0.843. The van der Waals surface area contributed by atoms with Crippen molar-refractivity contribution in [3.63, 3.8) is 0 Å². The predicted octanol–water partition coefficient (Wildman–Crippen LogP) is 2.50. The monoisotopic (exact) mass is 342 g/mol. The summed E-state index contributed by atoms with van der Waals surface area (Å²) in [6.07, 6.45) is 0.290. The normalized spacial score (nSPS) is 11.4. The highest BCUT2D eigenvalue weighted by Gasteiger charge is 2.23. The van der Waals surface area contributed by atoms with Crippen molar-refractivity contribution < 1.29 is 19.2 Å². The lowest BCUT2D eigenvalue weighted by atomic mass is 10.1. The number of nitro benzene ring substituents is 1. The largest absolute Gasteiger partial charge is 0.464 e. The molecule has 0 spiro atoms. The van der Waals surface area contributed by atoms with Crippen LogP contribution in [0.25, 0.3) is 0 Å². The van der Waals surface area contributed by atoms with Crippen molar-refractivity contribution in [3.05, 3.63) is 75.8 Å². The van der Waals surface area contributed by atoms with Gasteiger partial charge < -0.3 is 10.1 Å². The van der Waals surface area contributed by atoms with Crippen LogP contribution in [-0.4, -0.2) is 29.4 Å². The average molecular weight is 342 g/mol. The quantitative estimate of drug-likeness (QED) is 0.473. The number of hydrogen-bond acceptors (Lipinski definition) is 5. The maximum Gasteiger partial charge on any atom is 0.328 e. The van der Waals surface area contributed by atoms with Crippen LogP contribution in [-0.2, 0) is 16.0 Å². The Morgan fingerprint density at radius 1 is 1.12 bits per heavy atom. The number of nitro groups is 1. The molecule has 1 amide bonds. The second kappa shape index (κ2) is 8.58. The first-order valence-electron chi connectivity index (χ1n) is 7.77. The van der Waals surface area contributed by atoms with Gasteiger partial charge in [0.05, 0.1) is 11.5 Å².